The predicted molar refractivity (Wildman–Crippen MR) is 114 cm³/mol. The van der Waals surface area contributed by atoms with Gasteiger partial charge in [-0.05, 0) is 70.9 Å². The molecule has 1 aliphatic heterocycles. The summed E-state index contributed by atoms with van der Waals surface area (Å²) in [6, 6.07) is 16.9. The van der Waals surface area contributed by atoms with Gasteiger partial charge in [0.1, 0.15) is 11.5 Å². The van der Waals surface area contributed by atoms with Crippen molar-refractivity contribution in [2.45, 2.75) is 64.1 Å². The van der Waals surface area contributed by atoms with E-state index in [9.17, 15) is 4.79 Å². The smallest absolute Gasteiger partial charge is 0.251 e. The number of nitrogens with zero attached hydrogens (tertiary/aromatic N) is 1. The largest absolute Gasteiger partial charge is 0.457 e. The Hall–Kier alpha value is -2.84. The zero-order valence-electron chi connectivity index (χ0n) is 17.6. The third-order valence-corrected chi connectivity index (χ3v) is 5.11. The molecule has 1 amide bonds. The second-order valence-electron chi connectivity index (χ2n) is 9.04. The van der Waals surface area contributed by atoms with Gasteiger partial charge in [0.15, 0.2) is 0 Å². The molecule has 3 rings (SSSR count). The van der Waals surface area contributed by atoms with Crippen molar-refractivity contribution in [1.29, 1.82) is 5.26 Å². The molecule has 0 atom stereocenters. The predicted octanol–water partition coefficient (Wildman–Crippen LogP) is 4.58. The van der Waals surface area contributed by atoms with Crippen LogP contribution in [0.15, 0.2) is 48.5 Å². The van der Waals surface area contributed by atoms with E-state index in [4.69, 9.17) is 10.00 Å². The van der Waals surface area contributed by atoms with Crippen LogP contribution in [0.25, 0.3) is 0 Å². The van der Waals surface area contributed by atoms with Gasteiger partial charge in [-0.1, -0.05) is 18.2 Å². The summed E-state index contributed by atoms with van der Waals surface area (Å²) < 4.78 is 5.91. The number of carbonyl (C=O) groups excluding carboxylic acids is 1. The van der Waals surface area contributed by atoms with Gasteiger partial charge in [-0.25, -0.2) is 0 Å². The average Bonchev–Trinajstić information content (AvgIpc) is 2.61. The molecule has 2 aromatic carbocycles. The van der Waals surface area contributed by atoms with E-state index in [1.165, 1.54) is 0 Å². The number of para-hydroxylation sites is 1. The normalized spacial score (nSPS) is 17.9. The number of carbonyl (C=O) groups is 1. The molecule has 0 saturated carbocycles. The summed E-state index contributed by atoms with van der Waals surface area (Å²) in [5.41, 5.74) is 1.41. The first-order chi connectivity index (χ1) is 13.7. The number of piperidine rings is 1. The summed E-state index contributed by atoms with van der Waals surface area (Å²) in [5, 5.41) is 15.8. The van der Waals surface area contributed by atoms with Crippen LogP contribution in [-0.2, 0) is 6.42 Å². The molecule has 0 bridgehead atoms. The van der Waals surface area contributed by atoms with E-state index in [1.54, 1.807) is 24.3 Å². The highest BCUT2D eigenvalue weighted by Crippen LogP contribution is 2.29. The van der Waals surface area contributed by atoms with E-state index in [1.807, 2.05) is 24.3 Å². The zero-order chi connectivity index (χ0) is 21.1. The molecule has 29 heavy (non-hydrogen) atoms. The van der Waals surface area contributed by atoms with Crippen molar-refractivity contribution in [3.8, 4) is 17.6 Å². The molecule has 0 spiro atoms. The number of hydrogen-bond acceptors (Lipinski definition) is 4. The number of ether oxygens (including phenoxy) is 1. The van der Waals surface area contributed by atoms with Gasteiger partial charge >= 0.3 is 0 Å². The summed E-state index contributed by atoms with van der Waals surface area (Å²) in [6.45, 7) is 8.68. The molecule has 0 aliphatic carbocycles. The minimum Gasteiger partial charge on any atom is -0.457 e. The summed E-state index contributed by atoms with van der Waals surface area (Å²) >= 11 is 0. The highest BCUT2D eigenvalue weighted by atomic mass is 16.5. The Kier molecular flexibility index (Phi) is 5.95. The fourth-order valence-electron chi connectivity index (χ4n) is 4.33. The zero-order valence-corrected chi connectivity index (χ0v) is 17.6. The van der Waals surface area contributed by atoms with Gasteiger partial charge in [0.05, 0.1) is 12.5 Å². The minimum atomic E-state index is -0.0695. The molecular formula is C24H29N3O2. The van der Waals surface area contributed by atoms with Crippen LogP contribution in [0.1, 0.15) is 56.5 Å². The first-order valence-electron chi connectivity index (χ1n) is 10.0. The summed E-state index contributed by atoms with van der Waals surface area (Å²) in [4.78, 5) is 12.7. The molecule has 2 aromatic rings. The van der Waals surface area contributed by atoms with Crippen molar-refractivity contribution in [3.05, 3.63) is 59.7 Å². The van der Waals surface area contributed by atoms with Gasteiger partial charge in [0, 0.05) is 28.2 Å². The van der Waals surface area contributed by atoms with Crippen LogP contribution >= 0.6 is 0 Å². The molecule has 1 aliphatic rings. The van der Waals surface area contributed by atoms with Crippen LogP contribution in [0.4, 0.5) is 0 Å². The first-order valence-corrected chi connectivity index (χ1v) is 10.0. The van der Waals surface area contributed by atoms with Crippen molar-refractivity contribution in [2.24, 2.45) is 0 Å². The maximum Gasteiger partial charge on any atom is 0.251 e. The topological polar surface area (TPSA) is 74.1 Å². The minimum absolute atomic E-state index is 0.0196. The van der Waals surface area contributed by atoms with E-state index >= 15 is 0 Å². The molecule has 0 radical (unpaired) electrons. The van der Waals surface area contributed by atoms with E-state index in [-0.39, 0.29) is 23.0 Å². The third kappa shape index (κ3) is 5.58. The quantitative estimate of drug-likeness (QED) is 0.782. The number of benzene rings is 2. The lowest BCUT2D eigenvalue weighted by atomic mass is 9.79. The van der Waals surface area contributed by atoms with Gasteiger partial charge in [-0.15, -0.1) is 0 Å². The van der Waals surface area contributed by atoms with Crippen LogP contribution in [0.3, 0.4) is 0 Å². The fourth-order valence-corrected chi connectivity index (χ4v) is 4.33. The Labute approximate surface area is 173 Å². The Morgan fingerprint density at radius 3 is 2.34 bits per heavy atom. The second kappa shape index (κ2) is 8.26. The molecule has 0 aromatic heterocycles. The molecule has 1 fully saturated rings. The van der Waals surface area contributed by atoms with Crippen LogP contribution in [-0.4, -0.2) is 23.0 Å². The van der Waals surface area contributed by atoms with Gasteiger partial charge in [0.2, 0.25) is 0 Å². The Morgan fingerprint density at radius 2 is 1.72 bits per heavy atom. The lowest BCUT2D eigenvalue weighted by Gasteiger charge is -2.46. The van der Waals surface area contributed by atoms with E-state index < -0.39 is 0 Å². The van der Waals surface area contributed by atoms with Gasteiger partial charge in [-0.3, -0.25) is 4.79 Å². The number of amides is 1. The second-order valence-corrected chi connectivity index (χ2v) is 9.04. The van der Waals surface area contributed by atoms with Crippen molar-refractivity contribution < 1.29 is 9.53 Å². The van der Waals surface area contributed by atoms with E-state index in [2.05, 4.69) is 44.4 Å². The molecule has 0 unspecified atom stereocenters. The number of rotatable bonds is 5. The van der Waals surface area contributed by atoms with Crippen LogP contribution in [0.5, 0.6) is 11.5 Å². The van der Waals surface area contributed by atoms with Crippen LogP contribution < -0.4 is 15.4 Å². The summed E-state index contributed by atoms with van der Waals surface area (Å²) in [7, 11) is 0. The Balaban J connectivity index is 1.66. The molecule has 1 saturated heterocycles. The molecule has 1 heterocycles. The van der Waals surface area contributed by atoms with Gasteiger partial charge in [-0.2, -0.15) is 5.26 Å². The molecular weight excluding hydrogens is 362 g/mol. The van der Waals surface area contributed by atoms with Crippen molar-refractivity contribution >= 4 is 5.91 Å². The van der Waals surface area contributed by atoms with E-state index in [0.29, 0.717) is 23.5 Å². The molecule has 152 valence electrons. The fraction of sp³-hybridized carbons (Fsp3) is 0.417. The monoisotopic (exact) mass is 391 g/mol. The number of hydrogen-bond donors (Lipinski definition) is 2. The molecule has 5 heteroatoms. The number of nitriles is 1. The third-order valence-electron chi connectivity index (χ3n) is 5.11. The number of nitrogens with one attached hydrogen (secondary N) is 2. The highest BCUT2D eigenvalue weighted by Gasteiger charge is 2.38. The Morgan fingerprint density at radius 1 is 1.10 bits per heavy atom. The SMILES string of the molecule is CC1(C)CC(NC(=O)c2ccc(Oc3ccccc3CC#N)cc2)CC(C)(C)N1. The maximum atomic E-state index is 12.7. The average molecular weight is 392 g/mol. The Bertz CT molecular complexity index is 894. The van der Waals surface area contributed by atoms with Crippen molar-refractivity contribution in [2.75, 3.05) is 0 Å². The maximum absolute atomic E-state index is 12.7. The lowest BCUT2D eigenvalue weighted by molar-refractivity contribution is 0.0873. The van der Waals surface area contributed by atoms with Crippen LogP contribution in [0, 0.1) is 11.3 Å². The standard InChI is InChI=1S/C24H29N3O2/c1-23(2)15-19(16-24(3,4)27-23)26-22(28)18-9-11-20(12-10-18)29-21-8-6-5-7-17(21)13-14-25/h5-12,19,27H,13,15-16H2,1-4H3,(H,26,28). The first kappa shape index (κ1) is 20.9. The van der Waals surface area contributed by atoms with Gasteiger partial charge in [0.25, 0.3) is 5.91 Å². The highest BCUT2D eigenvalue weighted by molar-refractivity contribution is 5.94. The molecule has 5 nitrogen and oxygen atoms in total. The summed E-state index contributed by atoms with van der Waals surface area (Å²) in [5.74, 6) is 1.22. The van der Waals surface area contributed by atoms with E-state index in [0.717, 1.165) is 18.4 Å². The van der Waals surface area contributed by atoms with Crippen molar-refractivity contribution in [3.63, 3.8) is 0 Å². The van der Waals surface area contributed by atoms with Crippen LogP contribution in [0.2, 0.25) is 0 Å². The van der Waals surface area contributed by atoms with Gasteiger partial charge < -0.3 is 15.4 Å². The lowest BCUT2D eigenvalue weighted by Crippen LogP contribution is -2.62. The van der Waals surface area contributed by atoms with Crippen molar-refractivity contribution in [1.82, 2.24) is 10.6 Å². The summed E-state index contributed by atoms with van der Waals surface area (Å²) in [6.07, 6.45) is 2.07. The molecule has 2 N–H and O–H groups in total.